The SMILES string of the molecule is Cc1cc(CNc2ccccc2S(=O)(=O)NC2CC2)on1. The van der Waals surface area contributed by atoms with Crippen molar-refractivity contribution in [2.24, 2.45) is 0 Å². The molecule has 6 nitrogen and oxygen atoms in total. The van der Waals surface area contributed by atoms with Crippen molar-refractivity contribution in [2.75, 3.05) is 5.32 Å². The largest absolute Gasteiger partial charge is 0.377 e. The molecule has 0 unspecified atom stereocenters. The maximum atomic E-state index is 12.3. The number of hydrogen-bond donors (Lipinski definition) is 2. The number of aromatic nitrogens is 1. The average Bonchev–Trinajstić information content (AvgIpc) is 3.15. The highest BCUT2D eigenvalue weighted by molar-refractivity contribution is 7.89. The summed E-state index contributed by atoms with van der Waals surface area (Å²) in [5.74, 6) is 0.662. The second kappa shape index (κ2) is 5.50. The number of anilines is 1. The van der Waals surface area contributed by atoms with Crippen LogP contribution in [0.25, 0.3) is 0 Å². The number of benzene rings is 1. The lowest BCUT2D eigenvalue weighted by molar-refractivity contribution is 0.384. The van der Waals surface area contributed by atoms with Crippen molar-refractivity contribution in [2.45, 2.75) is 37.2 Å². The third-order valence-corrected chi connectivity index (χ3v) is 4.78. The van der Waals surface area contributed by atoms with Gasteiger partial charge in [0.05, 0.1) is 17.9 Å². The van der Waals surface area contributed by atoms with Gasteiger partial charge in [-0.25, -0.2) is 13.1 Å². The molecule has 1 heterocycles. The molecule has 1 aliphatic carbocycles. The Hall–Kier alpha value is -1.86. The average molecular weight is 307 g/mol. The molecule has 0 atom stereocenters. The van der Waals surface area contributed by atoms with E-state index in [9.17, 15) is 8.42 Å². The highest BCUT2D eigenvalue weighted by atomic mass is 32.2. The summed E-state index contributed by atoms with van der Waals surface area (Å²) in [4.78, 5) is 0.258. The van der Waals surface area contributed by atoms with Crippen molar-refractivity contribution in [1.82, 2.24) is 9.88 Å². The van der Waals surface area contributed by atoms with Crippen LogP contribution in [0.3, 0.4) is 0 Å². The molecule has 112 valence electrons. The molecule has 0 amide bonds. The van der Waals surface area contributed by atoms with Gasteiger partial charge in [0, 0.05) is 12.1 Å². The summed E-state index contributed by atoms with van der Waals surface area (Å²) in [7, 11) is -3.49. The predicted octanol–water partition coefficient (Wildman–Crippen LogP) is 2.04. The summed E-state index contributed by atoms with van der Waals surface area (Å²) in [5, 5.41) is 6.89. The maximum absolute atomic E-state index is 12.3. The van der Waals surface area contributed by atoms with Gasteiger partial charge in [-0.2, -0.15) is 0 Å². The fourth-order valence-corrected chi connectivity index (χ4v) is 3.50. The van der Waals surface area contributed by atoms with E-state index >= 15 is 0 Å². The van der Waals surface area contributed by atoms with Crippen LogP contribution < -0.4 is 10.0 Å². The standard InChI is InChI=1S/C14H17N3O3S/c1-10-8-12(20-16-10)9-15-13-4-2-3-5-14(13)21(18,19)17-11-6-7-11/h2-5,8,11,15,17H,6-7,9H2,1H3. The topological polar surface area (TPSA) is 84.2 Å². The van der Waals surface area contributed by atoms with Gasteiger partial charge in [0.15, 0.2) is 5.76 Å². The molecule has 2 N–H and O–H groups in total. The smallest absolute Gasteiger partial charge is 0.242 e. The molecule has 7 heteroatoms. The summed E-state index contributed by atoms with van der Waals surface area (Å²) >= 11 is 0. The molecular weight excluding hydrogens is 290 g/mol. The fraction of sp³-hybridized carbons (Fsp3) is 0.357. The third-order valence-electron chi connectivity index (χ3n) is 3.21. The molecule has 1 aliphatic rings. The van der Waals surface area contributed by atoms with Crippen LogP contribution in [-0.2, 0) is 16.6 Å². The Morgan fingerprint density at radius 1 is 1.33 bits per heavy atom. The Labute approximate surface area is 123 Å². The van der Waals surface area contributed by atoms with E-state index in [4.69, 9.17) is 4.52 Å². The number of nitrogens with one attached hydrogen (secondary N) is 2. The minimum Gasteiger partial charge on any atom is -0.377 e. The summed E-state index contributed by atoms with van der Waals surface area (Å²) < 4.78 is 32.5. The molecule has 0 bridgehead atoms. The van der Waals surface area contributed by atoms with E-state index in [0.717, 1.165) is 18.5 Å². The van der Waals surface area contributed by atoms with Gasteiger partial charge in [-0.15, -0.1) is 0 Å². The number of sulfonamides is 1. The van der Waals surface area contributed by atoms with Crippen LogP contribution in [0.2, 0.25) is 0 Å². The molecule has 0 aliphatic heterocycles. The zero-order valence-corrected chi connectivity index (χ0v) is 12.5. The quantitative estimate of drug-likeness (QED) is 0.853. The molecule has 1 fully saturated rings. The maximum Gasteiger partial charge on any atom is 0.242 e. The molecule has 3 rings (SSSR count). The molecule has 0 spiro atoms. The minimum absolute atomic E-state index is 0.0833. The second-order valence-corrected chi connectivity index (χ2v) is 6.86. The summed E-state index contributed by atoms with van der Waals surface area (Å²) in [6.45, 7) is 2.22. The van der Waals surface area contributed by atoms with E-state index < -0.39 is 10.0 Å². The highest BCUT2D eigenvalue weighted by Crippen LogP contribution is 2.26. The van der Waals surface area contributed by atoms with Gasteiger partial charge >= 0.3 is 0 Å². The molecule has 21 heavy (non-hydrogen) atoms. The molecule has 2 aromatic rings. The monoisotopic (exact) mass is 307 g/mol. The second-order valence-electron chi connectivity index (χ2n) is 5.18. The van der Waals surface area contributed by atoms with Gasteiger partial charge in [-0.05, 0) is 31.9 Å². The number of aryl methyl sites for hydroxylation is 1. The van der Waals surface area contributed by atoms with Crippen molar-refractivity contribution in [3.63, 3.8) is 0 Å². The normalized spacial score (nSPS) is 15.1. The summed E-state index contributed by atoms with van der Waals surface area (Å²) in [6.07, 6.45) is 1.82. The fourth-order valence-electron chi connectivity index (χ4n) is 2.01. The van der Waals surface area contributed by atoms with Gasteiger partial charge < -0.3 is 9.84 Å². The van der Waals surface area contributed by atoms with E-state index in [1.165, 1.54) is 0 Å². The van der Waals surface area contributed by atoms with Gasteiger partial charge in [0.2, 0.25) is 10.0 Å². The molecule has 1 saturated carbocycles. The lowest BCUT2D eigenvalue weighted by atomic mass is 10.3. The first-order valence-corrected chi connectivity index (χ1v) is 8.30. The Kier molecular flexibility index (Phi) is 3.69. The molecule has 0 radical (unpaired) electrons. The minimum atomic E-state index is -3.49. The Morgan fingerprint density at radius 3 is 2.76 bits per heavy atom. The van der Waals surface area contributed by atoms with Gasteiger partial charge in [0.25, 0.3) is 0 Å². The van der Waals surface area contributed by atoms with E-state index in [2.05, 4.69) is 15.2 Å². The van der Waals surface area contributed by atoms with Crippen molar-refractivity contribution >= 4 is 15.7 Å². The predicted molar refractivity (Wildman–Crippen MR) is 78.4 cm³/mol. The molecule has 0 saturated heterocycles. The first-order chi connectivity index (χ1) is 10.0. The lowest BCUT2D eigenvalue weighted by Gasteiger charge is -2.12. The molecular formula is C14H17N3O3S. The number of para-hydroxylation sites is 1. The number of rotatable bonds is 6. The number of hydrogen-bond acceptors (Lipinski definition) is 5. The van der Waals surface area contributed by atoms with Gasteiger partial charge in [-0.3, -0.25) is 0 Å². The van der Waals surface area contributed by atoms with E-state index in [0.29, 0.717) is 18.0 Å². The number of nitrogens with zero attached hydrogens (tertiary/aromatic N) is 1. The zero-order valence-electron chi connectivity index (χ0n) is 11.7. The Balaban J connectivity index is 1.78. The highest BCUT2D eigenvalue weighted by Gasteiger charge is 2.29. The van der Waals surface area contributed by atoms with Crippen molar-refractivity contribution in [3.05, 3.63) is 41.8 Å². The van der Waals surface area contributed by atoms with Crippen LogP contribution >= 0.6 is 0 Å². The van der Waals surface area contributed by atoms with Crippen LogP contribution in [0.4, 0.5) is 5.69 Å². The lowest BCUT2D eigenvalue weighted by Crippen LogP contribution is -2.26. The van der Waals surface area contributed by atoms with Crippen LogP contribution in [0.5, 0.6) is 0 Å². The van der Waals surface area contributed by atoms with Crippen molar-refractivity contribution in [1.29, 1.82) is 0 Å². The van der Waals surface area contributed by atoms with Gasteiger partial charge in [0.1, 0.15) is 4.90 Å². The zero-order chi connectivity index (χ0) is 14.9. The van der Waals surface area contributed by atoms with Crippen LogP contribution in [-0.4, -0.2) is 19.6 Å². The molecule has 1 aromatic heterocycles. The summed E-state index contributed by atoms with van der Waals surface area (Å²) in [6, 6.07) is 8.74. The first kappa shape index (κ1) is 14.1. The van der Waals surface area contributed by atoms with E-state index in [1.807, 2.05) is 13.0 Å². The van der Waals surface area contributed by atoms with Crippen LogP contribution in [0.1, 0.15) is 24.3 Å². The van der Waals surface area contributed by atoms with Gasteiger partial charge in [-0.1, -0.05) is 17.3 Å². The van der Waals surface area contributed by atoms with Crippen LogP contribution in [0.15, 0.2) is 39.8 Å². The first-order valence-electron chi connectivity index (χ1n) is 6.82. The Morgan fingerprint density at radius 2 is 2.10 bits per heavy atom. The third kappa shape index (κ3) is 3.43. The molecule has 1 aromatic carbocycles. The summed E-state index contributed by atoms with van der Waals surface area (Å²) in [5.41, 5.74) is 1.35. The van der Waals surface area contributed by atoms with Crippen molar-refractivity contribution in [3.8, 4) is 0 Å². The Bertz CT molecular complexity index is 735. The van der Waals surface area contributed by atoms with E-state index in [1.54, 1.807) is 24.3 Å². The van der Waals surface area contributed by atoms with E-state index in [-0.39, 0.29) is 10.9 Å². The van der Waals surface area contributed by atoms with Crippen LogP contribution in [0, 0.1) is 6.92 Å². The van der Waals surface area contributed by atoms with Crippen molar-refractivity contribution < 1.29 is 12.9 Å².